The van der Waals surface area contributed by atoms with Crippen LogP contribution in [-0.2, 0) is 10.5 Å². The van der Waals surface area contributed by atoms with Gasteiger partial charge in [0, 0.05) is 4.90 Å². The molecule has 6 nitrogen and oxygen atoms in total. The second-order valence-corrected chi connectivity index (χ2v) is 5.35. The lowest BCUT2D eigenvalue weighted by molar-refractivity contribution is -0.138. The van der Waals surface area contributed by atoms with E-state index in [0.717, 1.165) is 4.90 Å². The Bertz CT molecular complexity index is 559. The summed E-state index contributed by atoms with van der Waals surface area (Å²) in [7, 11) is 0. The van der Waals surface area contributed by atoms with Crippen LogP contribution in [0.2, 0.25) is 0 Å². The van der Waals surface area contributed by atoms with Crippen molar-refractivity contribution in [2.75, 3.05) is 0 Å². The molecule has 0 aliphatic heterocycles. The van der Waals surface area contributed by atoms with Gasteiger partial charge in [-0.15, -0.1) is 16.9 Å². The first kappa shape index (κ1) is 14.5. The van der Waals surface area contributed by atoms with Crippen LogP contribution in [0.5, 0.6) is 0 Å². The summed E-state index contributed by atoms with van der Waals surface area (Å²) in [6.45, 7) is 1.93. The first-order valence-corrected chi connectivity index (χ1v) is 7.35. The van der Waals surface area contributed by atoms with E-state index in [2.05, 4.69) is 15.5 Å². The molecular formula is C13H16N4O2S. The fraction of sp³-hybridized carbons (Fsp3) is 0.385. The van der Waals surface area contributed by atoms with Crippen molar-refractivity contribution in [3.63, 3.8) is 0 Å². The maximum absolute atomic E-state index is 10.9. The van der Waals surface area contributed by atoms with E-state index in [-0.39, 0.29) is 12.5 Å². The van der Waals surface area contributed by atoms with Crippen LogP contribution < -0.4 is 0 Å². The van der Waals surface area contributed by atoms with E-state index >= 15 is 0 Å². The molecule has 1 aromatic carbocycles. The van der Waals surface area contributed by atoms with Gasteiger partial charge in [0.2, 0.25) is 0 Å². The minimum atomic E-state index is -0.839. The number of hydrogen-bond donors (Lipinski definition) is 1. The molecule has 20 heavy (non-hydrogen) atoms. The van der Waals surface area contributed by atoms with Crippen molar-refractivity contribution in [1.82, 2.24) is 20.2 Å². The largest absolute Gasteiger partial charge is 0.481 e. The van der Waals surface area contributed by atoms with Crippen molar-refractivity contribution < 1.29 is 9.90 Å². The highest BCUT2D eigenvalue weighted by Crippen LogP contribution is 2.23. The topological polar surface area (TPSA) is 80.9 Å². The van der Waals surface area contributed by atoms with Gasteiger partial charge in [-0.1, -0.05) is 25.1 Å². The quantitative estimate of drug-likeness (QED) is 0.789. The molecule has 1 aromatic heterocycles. The van der Waals surface area contributed by atoms with E-state index in [1.807, 2.05) is 37.3 Å². The predicted octanol–water partition coefficient (Wildman–Crippen LogP) is 2.39. The van der Waals surface area contributed by atoms with E-state index in [9.17, 15) is 4.79 Å². The summed E-state index contributed by atoms with van der Waals surface area (Å²) < 4.78 is 1.63. The zero-order valence-electron chi connectivity index (χ0n) is 11.1. The van der Waals surface area contributed by atoms with Gasteiger partial charge in [0.05, 0.1) is 18.2 Å². The number of nitrogens with zero attached hydrogens (tertiary/aromatic N) is 4. The predicted molar refractivity (Wildman–Crippen MR) is 75.4 cm³/mol. The minimum Gasteiger partial charge on any atom is -0.481 e. The fourth-order valence-electron chi connectivity index (χ4n) is 1.86. The standard InChI is InChI=1S/C13H16N4O2S/c1-2-10(8-13(18)19)17-12(14-15-16-17)9-20-11-6-4-3-5-7-11/h3-7,10H,2,8-9H2,1H3,(H,18,19). The zero-order valence-corrected chi connectivity index (χ0v) is 12.0. The number of benzene rings is 1. The molecule has 0 saturated heterocycles. The Morgan fingerprint density at radius 1 is 1.40 bits per heavy atom. The van der Waals surface area contributed by atoms with Gasteiger partial charge in [-0.3, -0.25) is 4.79 Å². The van der Waals surface area contributed by atoms with Crippen LogP contribution in [0.15, 0.2) is 35.2 Å². The highest BCUT2D eigenvalue weighted by molar-refractivity contribution is 7.98. The summed E-state index contributed by atoms with van der Waals surface area (Å²) >= 11 is 1.63. The van der Waals surface area contributed by atoms with Gasteiger partial charge >= 0.3 is 5.97 Å². The molecule has 1 heterocycles. The Kier molecular flexibility index (Phi) is 5.11. The van der Waals surface area contributed by atoms with Gasteiger partial charge in [0.1, 0.15) is 0 Å². The molecular weight excluding hydrogens is 276 g/mol. The number of hydrogen-bond acceptors (Lipinski definition) is 5. The van der Waals surface area contributed by atoms with Gasteiger partial charge in [0.25, 0.3) is 0 Å². The Labute approximate surface area is 121 Å². The number of aliphatic carboxylic acids is 1. The van der Waals surface area contributed by atoms with Crippen LogP contribution in [0.25, 0.3) is 0 Å². The van der Waals surface area contributed by atoms with Crippen LogP contribution >= 0.6 is 11.8 Å². The van der Waals surface area contributed by atoms with Crippen LogP contribution in [0.1, 0.15) is 31.6 Å². The maximum Gasteiger partial charge on any atom is 0.305 e. The Morgan fingerprint density at radius 2 is 2.15 bits per heavy atom. The molecule has 1 unspecified atom stereocenters. The summed E-state index contributed by atoms with van der Waals surface area (Å²) in [5.74, 6) is 0.480. The zero-order chi connectivity index (χ0) is 14.4. The first-order chi connectivity index (χ1) is 9.70. The number of tetrazole rings is 1. The summed E-state index contributed by atoms with van der Waals surface area (Å²) in [5.41, 5.74) is 0. The van der Waals surface area contributed by atoms with Crippen LogP contribution in [0, 0.1) is 0 Å². The smallest absolute Gasteiger partial charge is 0.305 e. The molecule has 0 bridgehead atoms. The average Bonchev–Trinajstić information content (AvgIpc) is 2.91. The van der Waals surface area contributed by atoms with E-state index in [4.69, 9.17) is 5.11 Å². The number of thioether (sulfide) groups is 1. The molecule has 1 atom stereocenters. The molecule has 2 rings (SSSR count). The molecule has 0 radical (unpaired) electrons. The number of rotatable bonds is 7. The minimum absolute atomic E-state index is 0.0323. The van der Waals surface area contributed by atoms with E-state index < -0.39 is 5.97 Å². The summed E-state index contributed by atoms with van der Waals surface area (Å²) in [6.07, 6.45) is 0.713. The van der Waals surface area contributed by atoms with Gasteiger partial charge in [-0.05, 0) is 29.0 Å². The third kappa shape index (κ3) is 3.80. The molecule has 0 fully saturated rings. The highest BCUT2D eigenvalue weighted by Gasteiger charge is 2.18. The monoisotopic (exact) mass is 292 g/mol. The lowest BCUT2D eigenvalue weighted by Crippen LogP contribution is -2.16. The lowest BCUT2D eigenvalue weighted by atomic mass is 10.1. The number of carbonyl (C=O) groups is 1. The van der Waals surface area contributed by atoms with Gasteiger partial charge < -0.3 is 5.11 Å². The molecule has 2 aromatic rings. The summed E-state index contributed by atoms with van der Waals surface area (Å²) in [6, 6.07) is 9.76. The maximum atomic E-state index is 10.9. The van der Waals surface area contributed by atoms with Crippen molar-refractivity contribution in [2.24, 2.45) is 0 Å². The molecule has 0 spiro atoms. The SMILES string of the molecule is CCC(CC(=O)O)n1nnnc1CSc1ccccc1. The third-order valence-corrected chi connectivity index (χ3v) is 3.91. The Hall–Kier alpha value is -1.89. The summed E-state index contributed by atoms with van der Waals surface area (Å²) in [5, 5.41) is 20.5. The molecule has 106 valence electrons. The lowest BCUT2D eigenvalue weighted by Gasteiger charge is -2.14. The molecule has 0 aliphatic carbocycles. The Morgan fingerprint density at radius 3 is 2.80 bits per heavy atom. The molecule has 0 amide bonds. The van der Waals surface area contributed by atoms with Crippen molar-refractivity contribution in [2.45, 2.75) is 36.5 Å². The van der Waals surface area contributed by atoms with Crippen LogP contribution in [0.4, 0.5) is 0 Å². The number of carboxylic acids is 1. The van der Waals surface area contributed by atoms with Crippen LogP contribution in [0.3, 0.4) is 0 Å². The summed E-state index contributed by atoms with van der Waals surface area (Å²) in [4.78, 5) is 12.0. The molecule has 0 saturated carbocycles. The molecule has 1 N–H and O–H groups in total. The van der Waals surface area contributed by atoms with Gasteiger partial charge in [-0.2, -0.15) is 0 Å². The number of aromatic nitrogens is 4. The first-order valence-electron chi connectivity index (χ1n) is 6.37. The van der Waals surface area contributed by atoms with Crippen molar-refractivity contribution >= 4 is 17.7 Å². The van der Waals surface area contributed by atoms with E-state index in [1.165, 1.54) is 0 Å². The average molecular weight is 292 g/mol. The Balaban J connectivity index is 2.06. The highest BCUT2D eigenvalue weighted by atomic mass is 32.2. The van der Waals surface area contributed by atoms with E-state index in [0.29, 0.717) is 18.0 Å². The van der Waals surface area contributed by atoms with Crippen molar-refractivity contribution in [3.8, 4) is 0 Å². The van der Waals surface area contributed by atoms with E-state index in [1.54, 1.807) is 16.4 Å². The van der Waals surface area contributed by atoms with Crippen molar-refractivity contribution in [3.05, 3.63) is 36.2 Å². The fourth-order valence-corrected chi connectivity index (χ4v) is 2.70. The molecule has 0 aliphatic rings. The third-order valence-electron chi connectivity index (χ3n) is 2.90. The second-order valence-electron chi connectivity index (χ2n) is 4.30. The van der Waals surface area contributed by atoms with Crippen molar-refractivity contribution in [1.29, 1.82) is 0 Å². The molecule has 7 heteroatoms. The number of carboxylic acid groups (broad SMARTS) is 1. The van der Waals surface area contributed by atoms with Gasteiger partial charge in [0.15, 0.2) is 5.82 Å². The second kappa shape index (κ2) is 7.04. The van der Waals surface area contributed by atoms with Crippen LogP contribution in [-0.4, -0.2) is 31.3 Å². The normalized spacial score (nSPS) is 12.2. The van der Waals surface area contributed by atoms with Gasteiger partial charge in [-0.25, -0.2) is 4.68 Å².